The lowest BCUT2D eigenvalue weighted by Crippen LogP contribution is -2.48. The summed E-state index contributed by atoms with van der Waals surface area (Å²) in [4.78, 5) is 32.1. The van der Waals surface area contributed by atoms with Gasteiger partial charge < -0.3 is 4.90 Å². The van der Waals surface area contributed by atoms with Crippen LogP contribution in [0.15, 0.2) is 89.6 Å². The van der Waals surface area contributed by atoms with Gasteiger partial charge in [-0.15, -0.1) is 0 Å². The molecule has 0 bridgehead atoms. The van der Waals surface area contributed by atoms with Crippen LogP contribution in [0, 0.1) is 10.5 Å². The third-order valence-corrected chi connectivity index (χ3v) is 7.64. The lowest BCUT2D eigenvalue weighted by atomic mass is 9.96. The maximum Gasteiger partial charge on any atom is 0.283 e. The van der Waals surface area contributed by atoms with E-state index in [1.54, 1.807) is 0 Å². The van der Waals surface area contributed by atoms with E-state index < -0.39 is 5.91 Å². The summed E-state index contributed by atoms with van der Waals surface area (Å²) in [5, 5.41) is 0.00377. The van der Waals surface area contributed by atoms with Gasteiger partial charge in [-0.25, -0.2) is 4.90 Å². The molecule has 7 heteroatoms. The number of carbonyl (C=O) groups excluding carboxylic acids is 2. The van der Waals surface area contributed by atoms with Gasteiger partial charge in [0.1, 0.15) is 10.7 Å². The number of aryl methyl sites for hydroxylation is 1. The Morgan fingerprint density at radius 1 is 0.800 bits per heavy atom. The molecule has 2 amide bonds. The Morgan fingerprint density at radius 3 is 1.91 bits per heavy atom. The van der Waals surface area contributed by atoms with E-state index >= 15 is 0 Å². The van der Waals surface area contributed by atoms with Crippen LogP contribution in [-0.2, 0) is 9.59 Å². The highest BCUT2D eigenvalue weighted by molar-refractivity contribution is 14.1. The van der Waals surface area contributed by atoms with Gasteiger partial charge in [0.05, 0.1) is 11.7 Å². The monoisotopic (exact) mass is 597 g/mol. The van der Waals surface area contributed by atoms with Gasteiger partial charge in [0.2, 0.25) is 0 Å². The molecular weight excluding hydrogens is 573 g/mol. The van der Waals surface area contributed by atoms with Crippen LogP contribution in [-0.4, -0.2) is 47.8 Å². The van der Waals surface area contributed by atoms with Crippen LogP contribution in [0.1, 0.15) is 22.7 Å². The molecule has 1 fully saturated rings. The molecule has 3 aromatic carbocycles. The minimum atomic E-state index is -0.454. The summed E-state index contributed by atoms with van der Waals surface area (Å²) in [6, 6.07) is 26.7. The summed E-state index contributed by atoms with van der Waals surface area (Å²) in [5.41, 5.74) is 4.22. The fraction of sp³-hybridized carbons (Fsp3) is 0.214. The Hall–Kier alpha value is -2.68. The number of hydrogen-bond donors (Lipinski definition) is 0. The van der Waals surface area contributed by atoms with Crippen LogP contribution in [0.25, 0.3) is 0 Å². The van der Waals surface area contributed by atoms with Crippen LogP contribution < -0.4 is 4.90 Å². The minimum Gasteiger partial charge on any atom is -0.363 e. The number of benzene rings is 3. The minimum absolute atomic E-state index is 0.00377. The van der Waals surface area contributed by atoms with Crippen molar-refractivity contribution in [2.45, 2.75) is 13.0 Å². The van der Waals surface area contributed by atoms with Crippen molar-refractivity contribution in [1.82, 2.24) is 9.80 Å². The number of carbonyl (C=O) groups is 2. The Labute approximate surface area is 224 Å². The molecule has 0 N–H and O–H groups in total. The van der Waals surface area contributed by atoms with Gasteiger partial charge in [-0.2, -0.15) is 0 Å². The maximum absolute atomic E-state index is 13.4. The fourth-order valence-corrected chi connectivity index (χ4v) is 5.87. The number of piperazine rings is 1. The third kappa shape index (κ3) is 4.62. The summed E-state index contributed by atoms with van der Waals surface area (Å²) in [6.45, 7) is 4.61. The molecule has 35 heavy (non-hydrogen) atoms. The number of halogens is 2. The molecule has 3 aromatic rings. The molecule has 2 heterocycles. The quantitative estimate of drug-likeness (QED) is 0.295. The van der Waals surface area contributed by atoms with Crippen LogP contribution in [0.2, 0.25) is 0 Å². The molecule has 2 aliphatic heterocycles. The van der Waals surface area contributed by atoms with E-state index in [9.17, 15) is 9.59 Å². The molecule has 0 saturated carbocycles. The summed E-state index contributed by atoms with van der Waals surface area (Å²) in [7, 11) is 0. The number of rotatable bonds is 5. The van der Waals surface area contributed by atoms with Crippen LogP contribution >= 0.6 is 34.2 Å². The van der Waals surface area contributed by atoms with E-state index in [4.69, 9.17) is 11.6 Å². The Balaban J connectivity index is 1.37. The van der Waals surface area contributed by atoms with E-state index in [0.717, 1.165) is 22.2 Å². The fourth-order valence-electron chi connectivity index (χ4n) is 4.94. The molecule has 2 aliphatic rings. The molecule has 0 aliphatic carbocycles. The molecule has 0 radical (unpaired) electrons. The average molecular weight is 598 g/mol. The largest absolute Gasteiger partial charge is 0.363 e. The predicted octanol–water partition coefficient (Wildman–Crippen LogP) is 5.33. The lowest BCUT2D eigenvalue weighted by molar-refractivity contribution is -0.121. The van der Waals surface area contributed by atoms with Crippen molar-refractivity contribution in [2.75, 3.05) is 31.1 Å². The van der Waals surface area contributed by atoms with Gasteiger partial charge in [0.15, 0.2) is 0 Å². The Bertz CT molecular complexity index is 1250. The molecule has 0 unspecified atom stereocenters. The number of hydrogen-bond acceptors (Lipinski definition) is 4. The highest BCUT2D eigenvalue weighted by Crippen LogP contribution is 2.35. The zero-order chi connectivity index (χ0) is 24.5. The SMILES string of the molecule is Cc1cc(I)ccc1N1C(=O)C(Cl)=C(N2CCN(C(c3ccccc3)c3ccccc3)CC2)C1=O. The van der Waals surface area contributed by atoms with Crippen molar-refractivity contribution in [2.24, 2.45) is 0 Å². The van der Waals surface area contributed by atoms with Gasteiger partial charge in [-0.1, -0.05) is 72.3 Å². The molecule has 5 nitrogen and oxygen atoms in total. The van der Waals surface area contributed by atoms with Crippen LogP contribution in [0.3, 0.4) is 0 Å². The second-order valence-corrected chi connectivity index (χ2v) is 10.4. The Kier molecular flexibility index (Phi) is 6.95. The number of anilines is 1. The normalized spacial score (nSPS) is 17.1. The van der Waals surface area contributed by atoms with E-state index in [1.165, 1.54) is 16.0 Å². The van der Waals surface area contributed by atoms with Crippen LogP contribution in [0.5, 0.6) is 0 Å². The second-order valence-electron chi connectivity index (χ2n) is 8.79. The molecule has 5 rings (SSSR count). The van der Waals surface area contributed by atoms with Gasteiger partial charge in [-0.05, 0) is 64.4 Å². The Morgan fingerprint density at radius 2 is 1.37 bits per heavy atom. The average Bonchev–Trinajstić information content (AvgIpc) is 3.09. The zero-order valence-corrected chi connectivity index (χ0v) is 22.2. The van der Waals surface area contributed by atoms with Crippen molar-refractivity contribution < 1.29 is 9.59 Å². The van der Waals surface area contributed by atoms with Gasteiger partial charge >= 0.3 is 0 Å². The topological polar surface area (TPSA) is 43.9 Å². The maximum atomic E-state index is 13.4. The molecular formula is C28H25ClIN3O2. The first kappa shape index (κ1) is 24.0. The zero-order valence-electron chi connectivity index (χ0n) is 19.3. The molecule has 0 spiro atoms. The van der Waals surface area contributed by atoms with Crippen molar-refractivity contribution in [1.29, 1.82) is 0 Å². The number of imide groups is 1. The van der Waals surface area contributed by atoms with Crippen molar-refractivity contribution >= 4 is 51.7 Å². The summed E-state index contributed by atoms with van der Waals surface area (Å²) in [5.74, 6) is -0.801. The molecule has 0 atom stereocenters. The standard InChI is InChI=1S/C28H25ClIN3O2/c1-19-18-22(30)12-13-23(19)33-27(34)24(29)26(28(33)35)32-16-14-31(15-17-32)25(20-8-4-2-5-9-20)21-10-6-3-7-11-21/h2-13,18,25H,14-17H2,1H3. The summed E-state index contributed by atoms with van der Waals surface area (Å²) >= 11 is 8.70. The predicted molar refractivity (Wildman–Crippen MR) is 147 cm³/mol. The number of nitrogens with zero attached hydrogens (tertiary/aromatic N) is 3. The van der Waals surface area contributed by atoms with E-state index in [1.807, 2.05) is 42.2 Å². The van der Waals surface area contributed by atoms with Crippen molar-refractivity contribution in [3.8, 4) is 0 Å². The molecule has 1 saturated heterocycles. The van der Waals surface area contributed by atoms with Gasteiger partial charge in [-0.3, -0.25) is 14.5 Å². The van der Waals surface area contributed by atoms with Crippen molar-refractivity contribution in [3.63, 3.8) is 0 Å². The number of amides is 2. The lowest BCUT2D eigenvalue weighted by Gasteiger charge is -2.40. The van der Waals surface area contributed by atoms with E-state index in [0.29, 0.717) is 24.5 Å². The second kappa shape index (κ2) is 10.1. The highest BCUT2D eigenvalue weighted by Gasteiger charge is 2.42. The first-order chi connectivity index (χ1) is 17.0. The smallest absolute Gasteiger partial charge is 0.283 e. The van der Waals surface area contributed by atoms with Crippen molar-refractivity contribution in [3.05, 3.63) is 110 Å². The third-order valence-electron chi connectivity index (χ3n) is 6.63. The summed E-state index contributed by atoms with van der Waals surface area (Å²) in [6.07, 6.45) is 0. The van der Waals surface area contributed by atoms with E-state index in [2.05, 4.69) is 76.0 Å². The molecule has 0 aromatic heterocycles. The van der Waals surface area contributed by atoms with E-state index in [-0.39, 0.29) is 17.0 Å². The summed E-state index contributed by atoms with van der Waals surface area (Å²) < 4.78 is 1.05. The highest BCUT2D eigenvalue weighted by atomic mass is 127. The molecule has 178 valence electrons. The van der Waals surface area contributed by atoms with Gasteiger partial charge in [0.25, 0.3) is 11.8 Å². The van der Waals surface area contributed by atoms with Crippen LogP contribution in [0.4, 0.5) is 5.69 Å². The van der Waals surface area contributed by atoms with Gasteiger partial charge in [0, 0.05) is 29.7 Å². The first-order valence-electron chi connectivity index (χ1n) is 11.6. The first-order valence-corrected chi connectivity index (χ1v) is 13.0.